The van der Waals surface area contributed by atoms with Crippen molar-refractivity contribution in [1.82, 2.24) is 9.78 Å². The van der Waals surface area contributed by atoms with Crippen LogP contribution in [0.15, 0.2) is 32.5 Å². The molecule has 0 saturated carbocycles. The Labute approximate surface area is 141 Å². The van der Waals surface area contributed by atoms with Crippen LogP contribution in [-0.4, -0.2) is 18.2 Å². The molecule has 0 aliphatic carbocycles. The lowest BCUT2D eigenvalue weighted by Gasteiger charge is -2.10. The molecule has 6 nitrogen and oxygen atoms in total. The average molecular weight is 401 g/mol. The zero-order chi connectivity index (χ0) is 16.5. The van der Waals surface area contributed by atoms with Crippen molar-refractivity contribution in [1.29, 1.82) is 5.26 Å². The number of nitriles is 1. The van der Waals surface area contributed by atoms with Crippen molar-refractivity contribution in [2.45, 2.75) is 23.6 Å². The van der Waals surface area contributed by atoms with E-state index in [4.69, 9.17) is 5.26 Å². The van der Waals surface area contributed by atoms with Crippen molar-refractivity contribution in [3.8, 4) is 5.40 Å². The summed E-state index contributed by atoms with van der Waals surface area (Å²) in [5, 5.41) is 14.7. The van der Waals surface area contributed by atoms with Crippen molar-refractivity contribution in [2.24, 2.45) is 7.05 Å². The minimum atomic E-state index is -3.74. The van der Waals surface area contributed by atoms with E-state index in [2.05, 4.69) is 25.8 Å². The van der Waals surface area contributed by atoms with Gasteiger partial charge in [-0.3, -0.25) is 9.40 Å². The van der Waals surface area contributed by atoms with Gasteiger partial charge in [-0.05, 0) is 59.7 Å². The first-order valence-corrected chi connectivity index (χ1v) is 9.24. The van der Waals surface area contributed by atoms with Gasteiger partial charge in [0.25, 0.3) is 10.0 Å². The molecule has 1 heterocycles. The van der Waals surface area contributed by atoms with Crippen LogP contribution in [0.5, 0.6) is 0 Å². The van der Waals surface area contributed by atoms with Gasteiger partial charge < -0.3 is 0 Å². The normalized spacial score (nSPS) is 11.2. The van der Waals surface area contributed by atoms with Gasteiger partial charge in [0.1, 0.15) is 10.3 Å². The number of anilines is 1. The maximum absolute atomic E-state index is 12.6. The van der Waals surface area contributed by atoms with Gasteiger partial charge in [-0.2, -0.15) is 10.4 Å². The van der Waals surface area contributed by atoms with E-state index >= 15 is 0 Å². The molecule has 0 atom stereocenters. The fourth-order valence-corrected chi connectivity index (χ4v) is 4.73. The highest BCUT2D eigenvalue weighted by atomic mass is 79.9. The summed E-state index contributed by atoms with van der Waals surface area (Å²) in [4.78, 5) is 0.906. The Balaban J connectivity index is 2.39. The van der Waals surface area contributed by atoms with Crippen molar-refractivity contribution in [2.75, 3.05) is 4.72 Å². The topological polar surface area (TPSA) is 87.8 Å². The fourth-order valence-electron chi connectivity index (χ4n) is 2.03. The number of thioether (sulfide) groups is 1. The molecule has 0 aliphatic rings. The summed E-state index contributed by atoms with van der Waals surface area (Å²) >= 11 is 4.32. The Bertz CT molecular complexity index is 869. The smallest absolute Gasteiger partial charge is 0.265 e. The van der Waals surface area contributed by atoms with Crippen LogP contribution in [0, 0.1) is 24.5 Å². The molecular formula is C13H13BrN4O2S2. The Morgan fingerprint density at radius 3 is 2.59 bits per heavy atom. The molecule has 1 aromatic carbocycles. The van der Waals surface area contributed by atoms with Gasteiger partial charge in [0.05, 0.1) is 17.1 Å². The molecule has 0 fully saturated rings. The Morgan fingerprint density at radius 1 is 1.41 bits per heavy atom. The van der Waals surface area contributed by atoms with E-state index < -0.39 is 10.0 Å². The standard InChI is InChI=1S/C13H13BrN4O2S2/c1-8-13(9(2)18(3)16-8)22(19,20)17-12-5-4-10(21-7-15)6-11(12)14/h4-6,17H,1-3H3. The van der Waals surface area contributed by atoms with Crippen LogP contribution >= 0.6 is 27.7 Å². The van der Waals surface area contributed by atoms with E-state index in [1.807, 2.05) is 5.40 Å². The van der Waals surface area contributed by atoms with E-state index in [-0.39, 0.29) is 4.90 Å². The maximum atomic E-state index is 12.6. The fraction of sp³-hybridized carbons (Fsp3) is 0.231. The van der Waals surface area contributed by atoms with Crippen LogP contribution in [-0.2, 0) is 17.1 Å². The number of thiocyanates is 1. The predicted molar refractivity (Wildman–Crippen MR) is 89.1 cm³/mol. The predicted octanol–water partition coefficient (Wildman–Crippen LogP) is 3.17. The molecular weight excluding hydrogens is 388 g/mol. The minimum Gasteiger partial charge on any atom is -0.278 e. The number of rotatable bonds is 4. The number of nitrogens with zero attached hydrogens (tertiary/aromatic N) is 3. The summed E-state index contributed by atoms with van der Waals surface area (Å²) < 4.78 is 29.8. The van der Waals surface area contributed by atoms with E-state index in [9.17, 15) is 8.42 Å². The largest absolute Gasteiger partial charge is 0.278 e. The molecule has 0 unspecified atom stereocenters. The lowest BCUT2D eigenvalue weighted by molar-refractivity contribution is 0.599. The zero-order valence-corrected chi connectivity index (χ0v) is 15.3. The molecule has 1 aromatic heterocycles. The summed E-state index contributed by atoms with van der Waals surface area (Å²) in [6.07, 6.45) is 0. The minimum absolute atomic E-state index is 0.178. The van der Waals surface area contributed by atoms with Gasteiger partial charge >= 0.3 is 0 Å². The van der Waals surface area contributed by atoms with E-state index in [1.165, 1.54) is 4.68 Å². The van der Waals surface area contributed by atoms with Crippen molar-refractivity contribution in [3.05, 3.63) is 34.1 Å². The monoisotopic (exact) mass is 400 g/mol. The molecule has 0 saturated heterocycles. The molecule has 0 radical (unpaired) electrons. The number of sulfonamides is 1. The molecule has 0 bridgehead atoms. The lowest BCUT2D eigenvalue weighted by atomic mass is 10.3. The summed E-state index contributed by atoms with van der Waals surface area (Å²) in [5.74, 6) is 0. The van der Waals surface area contributed by atoms with Crippen LogP contribution in [0.4, 0.5) is 5.69 Å². The first kappa shape index (κ1) is 16.9. The second-order valence-electron chi connectivity index (χ2n) is 4.56. The third kappa shape index (κ3) is 3.29. The SMILES string of the molecule is Cc1nn(C)c(C)c1S(=O)(=O)Nc1ccc(SC#N)cc1Br. The Morgan fingerprint density at radius 2 is 2.09 bits per heavy atom. The number of hydrogen-bond donors (Lipinski definition) is 1. The van der Waals surface area contributed by atoms with Crippen LogP contribution in [0.1, 0.15) is 11.4 Å². The van der Waals surface area contributed by atoms with Gasteiger partial charge in [0, 0.05) is 16.4 Å². The van der Waals surface area contributed by atoms with Gasteiger partial charge in [0.2, 0.25) is 0 Å². The molecule has 2 aromatic rings. The third-order valence-corrected chi connectivity index (χ3v) is 5.91. The van der Waals surface area contributed by atoms with E-state index in [0.717, 1.165) is 16.7 Å². The van der Waals surface area contributed by atoms with Gasteiger partial charge in [-0.1, -0.05) is 0 Å². The molecule has 0 amide bonds. The zero-order valence-electron chi connectivity index (χ0n) is 12.1. The van der Waals surface area contributed by atoms with Crippen molar-refractivity contribution >= 4 is 43.4 Å². The third-order valence-electron chi connectivity index (χ3n) is 3.06. The summed E-state index contributed by atoms with van der Waals surface area (Å²) in [7, 11) is -2.04. The lowest BCUT2D eigenvalue weighted by Crippen LogP contribution is -2.15. The number of aryl methyl sites for hydroxylation is 2. The highest BCUT2D eigenvalue weighted by Gasteiger charge is 2.24. The number of aromatic nitrogens is 2. The summed E-state index contributed by atoms with van der Waals surface area (Å²) in [6, 6.07) is 4.98. The van der Waals surface area contributed by atoms with Gasteiger partial charge in [0.15, 0.2) is 0 Å². The number of nitrogens with one attached hydrogen (secondary N) is 1. The highest BCUT2D eigenvalue weighted by molar-refractivity contribution is 9.10. The van der Waals surface area contributed by atoms with E-state index in [1.54, 1.807) is 39.1 Å². The van der Waals surface area contributed by atoms with Crippen LogP contribution in [0.2, 0.25) is 0 Å². The average Bonchev–Trinajstić information content (AvgIpc) is 2.67. The quantitative estimate of drug-likeness (QED) is 0.628. The van der Waals surface area contributed by atoms with Crippen molar-refractivity contribution < 1.29 is 8.42 Å². The first-order valence-electron chi connectivity index (χ1n) is 6.14. The maximum Gasteiger partial charge on any atom is 0.265 e. The Hall–Kier alpha value is -1.50. The van der Waals surface area contributed by atoms with Crippen LogP contribution in [0.25, 0.3) is 0 Å². The summed E-state index contributed by atoms with van der Waals surface area (Å²) in [5.41, 5.74) is 1.42. The number of benzene rings is 1. The van der Waals surface area contributed by atoms with Gasteiger partial charge in [-0.15, -0.1) is 0 Å². The highest BCUT2D eigenvalue weighted by Crippen LogP contribution is 2.30. The van der Waals surface area contributed by atoms with Crippen LogP contribution < -0.4 is 4.72 Å². The molecule has 22 heavy (non-hydrogen) atoms. The number of hydrogen-bond acceptors (Lipinski definition) is 5. The Kier molecular flexibility index (Phi) is 4.84. The molecule has 9 heteroatoms. The molecule has 0 aliphatic heterocycles. The second-order valence-corrected chi connectivity index (χ2v) is 7.90. The summed E-state index contributed by atoms with van der Waals surface area (Å²) in [6.45, 7) is 3.36. The van der Waals surface area contributed by atoms with E-state index in [0.29, 0.717) is 21.5 Å². The molecule has 1 N–H and O–H groups in total. The first-order chi connectivity index (χ1) is 10.3. The molecule has 2 rings (SSSR count). The van der Waals surface area contributed by atoms with Gasteiger partial charge in [-0.25, -0.2) is 8.42 Å². The molecule has 116 valence electrons. The van der Waals surface area contributed by atoms with Crippen LogP contribution in [0.3, 0.4) is 0 Å². The number of halogens is 1. The molecule has 0 spiro atoms. The second kappa shape index (κ2) is 6.32. The van der Waals surface area contributed by atoms with Crippen molar-refractivity contribution in [3.63, 3.8) is 0 Å².